The number of carbonyl (C=O) groups is 1. The molecule has 0 saturated heterocycles. The van der Waals surface area contributed by atoms with Crippen LogP contribution in [-0.2, 0) is 11.3 Å². The number of nitrogens with zero attached hydrogens (tertiary/aromatic N) is 4. The molecule has 6 heteroatoms. The first kappa shape index (κ1) is 14.2. The van der Waals surface area contributed by atoms with Crippen molar-refractivity contribution in [3.8, 4) is 5.69 Å². The number of nitrogens with one attached hydrogen (secondary N) is 1. The number of hydrogen-bond acceptors (Lipinski definition) is 4. The first-order valence-corrected chi connectivity index (χ1v) is 6.62. The van der Waals surface area contributed by atoms with Crippen LogP contribution < -0.4 is 5.32 Å². The number of hydrogen-bond donors (Lipinski definition) is 1. The Kier molecular flexibility index (Phi) is 4.84. The number of benzene rings is 1. The third kappa shape index (κ3) is 3.64. The van der Waals surface area contributed by atoms with Crippen molar-refractivity contribution in [2.24, 2.45) is 0 Å². The zero-order valence-corrected chi connectivity index (χ0v) is 11.8. The van der Waals surface area contributed by atoms with Gasteiger partial charge in [0.25, 0.3) is 0 Å². The number of amides is 1. The van der Waals surface area contributed by atoms with E-state index in [1.807, 2.05) is 37.3 Å². The van der Waals surface area contributed by atoms with E-state index in [0.717, 1.165) is 11.4 Å². The van der Waals surface area contributed by atoms with Crippen LogP contribution in [0.25, 0.3) is 5.69 Å². The number of aromatic nitrogens is 3. The van der Waals surface area contributed by atoms with Crippen molar-refractivity contribution in [3.05, 3.63) is 42.2 Å². The van der Waals surface area contributed by atoms with E-state index < -0.39 is 0 Å². The summed E-state index contributed by atoms with van der Waals surface area (Å²) in [7, 11) is 1.79. The lowest BCUT2D eigenvalue weighted by molar-refractivity contribution is -0.128. The molecule has 2 aromatic rings. The van der Waals surface area contributed by atoms with Gasteiger partial charge in [0.2, 0.25) is 5.91 Å². The first-order valence-electron chi connectivity index (χ1n) is 6.62. The molecule has 1 aromatic heterocycles. The van der Waals surface area contributed by atoms with Gasteiger partial charge < -0.3 is 10.2 Å². The Balaban J connectivity index is 1.86. The first-order chi connectivity index (χ1) is 9.70. The van der Waals surface area contributed by atoms with Crippen molar-refractivity contribution < 1.29 is 4.79 Å². The maximum absolute atomic E-state index is 11.6. The highest BCUT2D eigenvalue weighted by molar-refractivity contribution is 5.77. The highest BCUT2D eigenvalue weighted by Crippen LogP contribution is 2.03. The average molecular weight is 273 g/mol. The maximum Gasteiger partial charge on any atom is 0.236 e. The summed E-state index contributed by atoms with van der Waals surface area (Å²) in [6.07, 6.45) is 1.70. The number of rotatable bonds is 6. The number of para-hydroxylation sites is 1. The van der Waals surface area contributed by atoms with Gasteiger partial charge >= 0.3 is 0 Å². The van der Waals surface area contributed by atoms with E-state index in [2.05, 4.69) is 15.5 Å². The van der Waals surface area contributed by atoms with Gasteiger partial charge in [-0.25, -0.2) is 0 Å². The lowest BCUT2D eigenvalue weighted by atomic mass is 10.3. The predicted molar refractivity (Wildman–Crippen MR) is 76.4 cm³/mol. The molecule has 0 aliphatic heterocycles. The van der Waals surface area contributed by atoms with Crippen molar-refractivity contribution in [2.75, 3.05) is 20.1 Å². The van der Waals surface area contributed by atoms with Gasteiger partial charge in [0, 0.05) is 20.1 Å². The molecule has 1 heterocycles. The number of likely N-dealkylation sites (N-methyl/N-ethyl adjacent to an activating group) is 1. The van der Waals surface area contributed by atoms with Gasteiger partial charge in [-0.05, 0) is 19.1 Å². The topological polar surface area (TPSA) is 63.1 Å². The molecule has 0 spiro atoms. The maximum atomic E-state index is 11.6. The molecule has 1 amide bonds. The van der Waals surface area contributed by atoms with Gasteiger partial charge in [-0.15, -0.1) is 0 Å². The SMILES string of the molecule is CCN(C)C(=O)CNCc1cnn(-c2ccccc2)n1. The highest BCUT2D eigenvalue weighted by Gasteiger charge is 2.07. The summed E-state index contributed by atoms with van der Waals surface area (Å²) in [5.74, 6) is 0.0722. The van der Waals surface area contributed by atoms with Crippen molar-refractivity contribution >= 4 is 5.91 Å². The molecule has 2 rings (SSSR count). The third-order valence-corrected chi connectivity index (χ3v) is 3.01. The van der Waals surface area contributed by atoms with Crippen LogP contribution in [0, 0.1) is 0 Å². The Bertz CT molecular complexity index is 552. The average Bonchev–Trinajstić information content (AvgIpc) is 2.96. The normalized spacial score (nSPS) is 10.5. The quantitative estimate of drug-likeness (QED) is 0.847. The molecule has 0 aliphatic rings. The molecule has 0 fully saturated rings. The van der Waals surface area contributed by atoms with Crippen LogP contribution in [0.1, 0.15) is 12.6 Å². The van der Waals surface area contributed by atoms with Gasteiger partial charge in [-0.3, -0.25) is 4.79 Å². The summed E-state index contributed by atoms with van der Waals surface area (Å²) in [5.41, 5.74) is 1.72. The highest BCUT2D eigenvalue weighted by atomic mass is 16.2. The molecule has 0 radical (unpaired) electrons. The molecule has 0 bridgehead atoms. The second-order valence-electron chi connectivity index (χ2n) is 4.47. The fourth-order valence-electron chi connectivity index (χ4n) is 1.67. The molecule has 0 aliphatic carbocycles. The van der Waals surface area contributed by atoms with Crippen molar-refractivity contribution in [1.29, 1.82) is 0 Å². The van der Waals surface area contributed by atoms with E-state index in [1.54, 1.807) is 22.9 Å². The molecule has 1 N–H and O–H groups in total. The molecule has 0 atom stereocenters. The lowest BCUT2D eigenvalue weighted by Gasteiger charge is -2.14. The van der Waals surface area contributed by atoms with E-state index in [9.17, 15) is 4.79 Å². The van der Waals surface area contributed by atoms with Crippen LogP contribution in [0.2, 0.25) is 0 Å². The smallest absolute Gasteiger partial charge is 0.236 e. The zero-order chi connectivity index (χ0) is 14.4. The Labute approximate surface area is 118 Å². The monoisotopic (exact) mass is 273 g/mol. The molecular formula is C14H19N5O. The summed E-state index contributed by atoms with van der Waals surface area (Å²) in [6.45, 7) is 3.49. The van der Waals surface area contributed by atoms with Gasteiger partial charge in [0.05, 0.1) is 24.1 Å². The minimum atomic E-state index is 0.0722. The molecule has 106 valence electrons. The number of carbonyl (C=O) groups excluding carboxylic acids is 1. The third-order valence-electron chi connectivity index (χ3n) is 3.01. The van der Waals surface area contributed by atoms with Crippen LogP contribution in [0.15, 0.2) is 36.5 Å². The fraction of sp³-hybridized carbons (Fsp3) is 0.357. The summed E-state index contributed by atoms with van der Waals surface area (Å²) >= 11 is 0. The second-order valence-corrected chi connectivity index (χ2v) is 4.47. The van der Waals surface area contributed by atoms with Crippen LogP contribution in [0.4, 0.5) is 0 Å². The standard InChI is InChI=1S/C14H19N5O/c1-3-18(2)14(20)11-15-9-12-10-16-19(17-12)13-7-5-4-6-8-13/h4-8,10,15H,3,9,11H2,1-2H3. The Morgan fingerprint density at radius 2 is 2.10 bits per heavy atom. The molecule has 6 nitrogen and oxygen atoms in total. The summed E-state index contributed by atoms with van der Waals surface area (Å²) in [4.78, 5) is 14.9. The summed E-state index contributed by atoms with van der Waals surface area (Å²) in [5, 5.41) is 11.6. The largest absolute Gasteiger partial charge is 0.345 e. The van der Waals surface area contributed by atoms with Crippen LogP contribution in [0.3, 0.4) is 0 Å². The molecule has 20 heavy (non-hydrogen) atoms. The van der Waals surface area contributed by atoms with Crippen LogP contribution >= 0.6 is 0 Å². The zero-order valence-electron chi connectivity index (χ0n) is 11.8. The van der Waals surface area contributed by atoms with E-state index in [4.69, 9.17) is 0 Å². The molecule has 0 saturated carbocycles. The lowest BCUT2D eigenvalue weighted by Crippen LogP contribution is -2.35. The Morgan fingerprint density at radius 1 is 1.35 bits per heavy atom. The van der Waals surface area contributed by atoms with E-state index in [0.29, 0.717) is 19.6 Å². The van der Waals surface area contributed by atoms with Gasteiger partial charge in [0.15, 0.2) is 0 Å². The van der Waals surface area contributed by atoms with Gasteiger partial charge in [-0.1, -0.05) is 18.2 Å². The van der Waals surface area contributed by atoms with E-state index >= 15 is 0 Å². The minimum Gasteiger partial charge on any atom is -0.345 e. The predicted octanol–water partition coefficient (Wildman–Crippen LogP) is 0.835. The second kappa shape index (κ2) is 6.81. The van der Waals surface area contributed by atoms with Crippen molar-refractivity contribution in [2.45, 2.75) is 13.5 Å². The fourth-order valence-corrected chi connectivity index (χ4v) is 1.67. The van der Waals surface area contributed by atoms with Gasteiger partial charge in [0.1, 0.15) is 0 Å². The van der Waals surface area contributed by atoms with Crippen molar-refractivity contribution in [1.82, 2.24) is 25.2 Å². The summed E-state index contributed by atoms with van der Waals surface area (Å²) in [6, 6.07) is 9.71. The van der Waals surface area contributed by atoms with Crippen molar-refractivity contribution in [3.63, 3.8) is 0 Å². The molecule has 1 aromatic carbocycles. The molecular weight excluding hydrogens is 254 g/mol. The van der Waals surface area contributed by atoms with E-state index in [1.165, 1.54) is 0 Å². The van der Waals surface area contributed by atoms with Gasteiger partial charge in [-0.2, -0.15) is 15.0 Å². The minimum absolute atomic E-state index is 0.0722. The summed E-state index contributed by atoms with van der Waals surface area (Å²) < 4.78 is 0. The Hall–Kier alpha value is -2.21. The van der Waals surface area contributed by atoms with Crippen LogP contribution in [-0.4, -0.2) is 45.9 Å². The van der Waals surface area contributed by atoms with E-state index in [-0.39, 0.29) is 5.91 Å². The molecule has 0 unspecified atom stereocenters. The van der Waals surface area contributed by atoms with Crippen LogP contribution in [0.5, 0.6) is 0 Å². The Morgan fingerprint density at radius 3 is 2.80 bits per heavy atom.